The summed E-state index contributed by atoms with van der Waals surface area (Å²) in [6.07, 6.45) is 4.60. The van der Waals surface area contributed by atoms with Crippen molar-refractivity contribution in [2.24, 2.45) is 0 Å². The van der Waals surface area contributed by atoms with Gasteiger partial charge in [0, 0.05) is 23.6 Å². The zero-order valence-corrected chi connectivity index (χ0v) is 9.42. The number of aryl methyl sites for hydroxylation is 1. The van der Waals surface area contributed by atoms with E-state index in [1.807, 2.05) is 29.6 Å². The summed E-state index contributed by atoms with van der Waals surface area (Å²) in [6.45, 7) is 4.99. The van der Waals surface area contributed by atoms with Crippen molar-refractivity contribution in [3.63, 3.8) is 0 Å². The van der Waals surface area contributed by atoms with E-state index in [1.54, 1.807) is 6.20 Å². The van der Waals surface area contributed by atoms with Crippen LogP contribution in [0.5, 0.6) is 0 Å². The van der Waals surface area contributed by atoms with E-state index in [1.165, 1.54) is 0 Å². The fraction of sp³-hybridized carbons (Fsp3) is 0.700. The van der Waals surface area contributed by atoms with Gasteiger partial charge in [-0.2, -0.15) is 16.9 Å². The molecule has 0 amide bonds. The van der Waals surface area contributed by atoms with Gasteiger partial charge in [-0.1, -0.05) is 6.92 Å². The van der Waals surface area contributed by atoms with E-state index in [2.05, 4.69) is 12.0 Å². The molecule has 4 heteroatoms. The Kier molecular flexibility index (Phi) is 2.58. The monoisotopic (exact) mass is 212 g/mol. The molecule has 0 aliphatic carbocycles. The van der Waals surface area contributed by atoms with Crippen LogP contribution >= 0.6 is 11.8 Å². The van der Waals surface area contributed by atoms with Crippen LogP contribution < -0.4 is 0 Å². The van der Waals surface area contributed by atoms with E-state index in [0.717, 1.165) is 24.3 Å². The quantitative estimate of drug-likeness (QED) is 0.809. The van der Waals surface area contributed by atoms with Gasteiger partial charge in [-0.3, -0.25) is 4.68 Å². The molecule has 2 atom stereocenters. The lowest BCUT2D eigenvalue weighted by Gasteiger charge is -2.25. The summed E-state index contributed by atoms with van der Waals surface area (Å²) in [5.41, 5.74) is 0.315. The molecule has 0 aromatic carbocycles. The van der Waals surface area contributed by atoms with E-state index < -0.39 is 5.60 Å². The van der Waals surface area contributed by atoms with Crippen LogP contribution in [0.15, 0.2) is 12.4 Å². The summed E-state index contributed by atoms with van der Waals surface area (Å²) in [7, 11) is 0. The van der Waals surface area contributed by atoms with Crippen molar-refractivity contribution >= 4 is 11.8 Å². The maximum atomic E-state index is 10.5. The SMILES string of the molecule is CCn1cc(C2(O)CCSC2C)cn1. The zero-order chi connectivity index (χ0) is 10.2. The molecule has 0 saturated carbocycles. The molecule has 14 heavy (non-hydrogen) atoms. The number of thioether (sulfide) groups is 1. The van der Waals surface area contributed by atoms with Gasteiger partial charge >= 0.3 is 0 Å². The molecule has 3 nitrogen and oxygen atoms in total. The van der Waals surface area contributed by atoms with Gasteiger partial charge in [0.05, 0.1) is 6.20 Å². The molecule has 78 valence electrons. The van der Waals surface area contributed by atoms with E-state index in [9.17, 15) is 5.11 Å². The van der Waals surface area contributed by atoms with Gasteiger partial charge in [0.15, 0.2) is 0 Å². The molecule has 2 heterocycles. The molecule has 2 unspecified atom stereocenters. The number of rotatable bonds is 2. The van der Waals surface area contributed by atoms with Gasteiger partial charge in [-0.25, -0.2) is 0 Å². The van der Waals surface area contributed by atoms with E-state index in [-0.39, 0.29) is 5.25 Å². The molecule has 2 rings (SSSR count). The predicted molar refractivity (Wildman–Crippen MR) is 58.3 cm³/mol. The molecule has 1 aromatic heterocycles. The van der Waals surface area contributed by atoms with Crippen molar-refractivity contribution in [2.45, 2.75) is 37.7 Å². The van der Waals surface area contributed by atoms with Crippen LogP contribution in [0.3, 0.4) is 0 Å². The minimum absolute atomic E-state index is 0.275. The Hall–Kier alpha value is -0.480. The first-order chi connectivity index (χ1) is 6.66. The van der Waals surface area contributed by atoms with Gasteiger partial charge in [0.2, 0.25) is 0 Å². The van der Waals surface area contributed by atoms with Crippen LogP contribution in [0.25, 0.3) is 0 Å². The second-order valence-corrected chi connectivity index (χ2v) is 5.22. The largest absolute Gasteiger partial charge is 0.384 e. The van der Waals surface area contributed by atoms with Crippen molar-refractivity contribution in [1.82, 2.24) is 9.78 Å². The Morgan fingerprint density at radius 3 is 3.07 bits per heavy atom. The topological polar surface area (TPSA) is 38.0 Å². The lowest BCUT2D eigenvalue weighted by molar-refractivity contribution is 0.0426. The number of aromatic nitrogens is 2. The molecule has 0 spiro atoms. The Bertz CT molecular complexity index is 326. The minimum Gasteiger partial charge on any atom is -0.384 e. The maximum Gasteiger partial charge on any atom is 0.105 e. The predicted octanol–water partition coefficient (Wildman–Crippen LogP) is 1.62. The van der Waals surface area contributed by atoms with Gasteiger partial charge in [0.25, 0.3) is 0 Å². The summed E-state index contributed by atoms with van der Waals surface area (Å²) in [5.74, 6) is 1.04. The average molecular weight is 212 g/mol. The molecule has 1 N–H and O–H groups in total. The molecule has 1 fully saturated rings. The molecule has 1 aromatic rings. The fourth-order valence-electron chi connectivity index (χ4n) is 1.87. The molecular formula is C10H16N2OS. The first-order valence-electron chi connectivity index (χ1n) is 5.03. The van der Waals surface area contributed by atoms with Crippen molar-refractivity contribution in [3.05, 3.63) is 18.0 Å². The van der Waals surface area contributed by atoms with E-state index >= 15 is 0 Å². The molecule has 1 aliphatic rings. The summed E-state index contributed by atoms with van der Waals surface area (Å²) in [5, 5.41) is 14.9. The average Bonchev–Trinajstić information content (AvgIpc) is 2.75. The first-order valence-corrected chi connectivity index (χ1v) is 6.08. The Labute approximate surface area is 88.5 Å². The number of aliphatic hydroxyl groups is 1. The number of nitrogens with zero attached hydrogens (tertiary/aromatic N) is 2. The van der Waals surface area contributed by atoms with Gasteiger partial charge in [0.1, 0.15) is 5.60 Å². The third-order valence-corrected chi connectivity index (χ3v) is 4.31. The van der Waals surface area contributed by atoms with Crippen LogP contribution in [-0.4, -0.2) is 25.9 Å². The van der Waals surface area contributed by atoms with Crippen molar-refractivity contribution < 1.29 is 5.11 Å². The summed E-state index contributed by atoms with van der Waals surface area (Å²) < 4.78 is 1.86. The Morgan fingerprint density at radius 2 is 2.57 bits per heavy atom. The zero-order valence-electron chi connectivity index (χ0n) is 8.60. The van der Waals surface area contributed by atoms with Gasteiger partial charge in [-0.15, -0.1) is 0 Å². The highest BCUT2D eigenvalue weighted by atomic mass is 32.2. The number of hydrogen-bond acceptors (Lipinski definition) is 3. The number of hydrogen-bond donors (Lipinski definition) is 1. The third-order valence-electron chi connectivity index (χ3n) is 2.98. The lowest BCUT2D eigenvalue weighted by atomic mass is 9.91. The molecule has 1 saturated heterocycles. The normalized spacial score (nSPS) is 32.4. The summed E-state index contributed by atoms with van der Waals surface area (Å²) in [4.78, 5) is 0. The first kappa shape index (κ1) is 10.1. The highest BCUT2D eigenvalue weighted by molar-refractivity contribution is 8.00. The minimum atomic E-state index is -0.655. The van der Waals surface area contributed by atoms with Crippen molar-refractivity contribution in [2.75, 3.05) is 5.75 Å². The molecule has 0 bridgehead atoms. The van der Waals surface area contributed by atoms with Crippen LogP contribution in [0.1, 0.15) is 25.8 Å². The highest BCUT2D eigenvalue weighted by Gasteiger charge is 2.41. The molecular weight excluding hydrogens is 196 g/mol. The second kappa shape index (κ2) is 3.59. The van der Waals surface area contributed by atoms with E-state index in [0.29, 0.717) is 0 Å². The Morgan fingerprint density at radius 1 is 1.79 bits per heavy atom. The van der Waals surface area contributed by atoms with Gasteiger partial charge < -0.3 is 5.11 Å². The Balaban J connectivity index is 2.28. The van der Waals surface area contributed by atoms with Crippen LogP contribution in [0.2, 0.25) is 0 Å². The third kappa shape index (κ3) is 1.46. The van der Waals surface area contributed by atoms with Crippen LogP contribution in [0, 0.1) is 0 Å². The van der Waals surface area contributed by atoms with Crippen molar-refractivity contribution in [1.29, 1.82) is 0 Å². The fourth-order valence-corrected chi connectivity index (χ4v) is 3.18. The van der Waals surface area contributed by atoms with Crippen LogP contribution in [0.4, 0.5) is 0 Å². The highest BCUT2D eigenvalue weighted by Crippen LogP contribution is 2.42. The second-order valence-electron chi connectivity index (χ2n) is 3.77. The summed E-state index contributed by atoms with van der Waals surface area (Å²) in [6, 6.07) is 0. The van der Waals surface area contributed by atoms with Crippen molar-refractivity contribution in [3.8, 4) is 0 Å². The summed E-state index contributed by atoms with van der Waals surface area (Å²) >= 11 is 1.83. The smallest absolute Gasteiger partial charge is 0.105 e. The molecule has 1 aliphatic heterocycles. The van der Waals surface area contributed by atoms with Gasteiger partial charge in [-0.05, 0) is 19.1 Å². The van der Waals surface area contributed by atoms with Crippen LogP contribution in [-0.2, 0) is 12.1 Å². The maximum absolute atomic E-state index is 10.5. The van der Waals surface area contributed by atoms with E-state index in [4.69, 9.17) is 0 Å². The molecule has 0 radical (unpaired) electrons. The standard InChI is InChI=1S/C10H16N2OS/c1-3-12-7-9(6-11-12)10(13)4-5-14-8(10)2/h6-8,13H,3-5H2,1-2H3. The lowest BCUT2D eigenvalue weighted by Crippen LogP contribution is -2.30.